The second-order valence-corrected chi connectivity index (χ2v) is 6.17. The minimum absolute atomic E-state index is 0.632. The molecule has 1 heterocycles. The fourth-order valence-electron chi connectivity index (χ4n) is 2.74. The molecule has 0 bridgehead atoms. The van der Waals surface area contributed by atoms with Crippen LogP contribution in [0.1, 0.15) is 50.7 Å². The Hall–Kier alpha value is -0.960. The van der Waals surface area contributed by atoms with E-state index in [1.54, 1.807) is 0 Å². The van der Waals surface area contributed by atoms with E-state index in [-0.39, 0.29) is 0 Å². The number of fused-ring (bicyclic) bond motifs is 1. The molecule has 0 saturated carbocycles. The van der Waals surface area contributed by atoms with Crippen LogP contribution in [0.3, 0.4) is 0 Å². The Morgan fingerprint density at radius 2 is 2.26 bits per heavy atom. The van der Waals surface area contributed by atoms with Crippen molar-refractivity contribution < 1.29 is 0 Å². The van der Waals surface area contributed by atoms with Crippen LogP contribution >= 0.6 is 0 Å². The molecule has 3 heteroatoms. The van der Waals surface area contributed by atoms with Gasteiger partial charge in [0.05, 0.1) is 0 Å². The lowest BCUT2D eigenvalue weighted by Crippen LogP contribution is -2.28. The molecule has 19 heavy (non-hydrogen) atoms. The maximum atomic E-state index is 4.75. The number of rotatable bonds is 6. The van der Waals surface area contributed by atoms with Crippen LogP contribution in [0.5, 0.6) is 0 Å². The number of nitrogens with one attached hydrogen (secondary N) is 1. The van der Waals surface area contributed by atoms with Crippen molar-refractivity contribution in [3.63, 3.8) is 0 Å². The monoisotopic (exact) mass is 261 g/mol. The van der Waals surface area contributed by atoms with Crippen LogP contribution in [0, 0.1) is 11.8 Å². The summed E-state index contributed by atoms with van der Waals surface area (Å²) in [6.07, 6.45) is 7.82. The van der Waals surface area contributed by atoms with Gasteiger partial charge in [-0.15, -0.1) is 0 Å². The van der Waals surface area contributed by atoms with E-state index >= 15 is 0 Å². The zero-order valence-electron chi connectivity index (χ0n) is 12.6. The molecular formula is C16H27N3. The maximum absolute atomic E-state index is 4.75. The fraction of sp³-hybridized carbons (Fsp3) is 0.750. The lowest BCUT2D eigenvalue weighted by Gasteiger charge is -2.24. The number of nitrogens with zero attached hydrogens (tertiary/aromatic N) is 2. The molecule has 1 atom stereocenters. The lowest BCUT2D eigenvalue weighted by atomic mass is 9.87. The highest BCUT2D eigenvalue weighted by molar-refractivity contribution is 5.21. The molecule has 1 aliphatic rings. The van der Waals surface area contributed by atoms with Gasteiger partial charge in [0, 0.05) is 18.3 Å². The lowest BCUT2D eigenvalue weighted by molar-refractivity contribution is 0.418. The number of aryl methyl sites for hydroxylation is 1. The normalized spacial score (nSPS) is 18.6. The first-order chi connectivity index (χ1) is 9.19. The summed E-state index contributed by atoms with van der Waals surface area (Å²) in [7, 11) is 0. The third-order valence-electron chi connectivity index (χ3n) is 3.75. The molecule has 0 saturated heterocycles. The van der Waals surface area contributed by atoms with Crippen LogP contribution in [0.25, 0.3) is 0 Å². The van der Waals surface area contributed by atoms with Crippen molar-refractivity contribution in [2.75, 3.05) is 13.1 Å². The molecule has 1 N–H and O–H groups in total. The third-order valence-corrected chi connectivity index (χ3v) is 3.75. The maximum Gasteiger partial charge on any atom is 0.128 e. The van der Waals surface area contributed by atoms with Crippen LogP contribution in [0.2, 0.25) is 0 Å². The Balaban J connectivity index is 1.94. The highest BCUT2D eigenvalue weighted by Crippen LogP contribution is 2.23. The smallest absolute Gasteiger partial charge is 0.128 e. The van der Waals surface area contributed by atoms with Gasteiger partial charge >= 0.3 is 0 Å². The molecule has 0 amide bonds. The zero-order chi connectivity index (χ0) is 13.7. The molecule has 0 aliphatic heterocycles. The van der Waals surface area contributed by atoms with Crippen LogP contribution in [-0.2, 0) is 19.3 Å². The van der Waals surface area contributed by atoms with E-state index in [1.165, 1.54) is 24.1 Å². The summed E-state index contributed by atoms with van der Waals surface area (Å²) in [5.74, 6) is 2.42. The second kappa shape index (κ2) is 6.99. The first-order valence-corrected chi connectivity index (χ1v) is 7.73. The summed E-state index contributed by atoms with van der Waals surface area (Å²) in [5, 5.41) is 3.53. The predicted octanol–water partition coefficient (Wildman–Crippen LogP) is 2.78. The first kappa shape index (κ1) is 14.4. The molecule has 2 rings (SSSR count). The molecular weight excluding hydrogens is 234 g/mol. The van der Waals surface area contributed by atoms with E-state index in [0.29, 0.717) is 5.92 Å². The van der Waals surface area contributed by atoms with Crippen molar-refractivity contribution >= 4 is 0 Å². The summed E-state index contributed by atoms with van der Waals surface area (Å²) in [6.45, 7) is 8.93. The van der Waals surface area contributed by atoms with Crippen LogP contribution in [0.15, 0.2) is 6.20 Å². The van der Waals surface area contributed by atoms with Gasteiger partial charge in [0.2, 0.25) is 0 Å². The topological polar surface area (TPSA) is 37.8 Å². The van der Waals surface area contributed by atoms with Gasteiger partial charge in [-0.25, -0.2) is 9.97 Å². The predicted molar refractivity (Wildman–Crippen MR) is 79.2 cm³/mol. The minimum Gasteiger partial charge on any atom is -0.316 e. The van der Waals surface area contributed by atoms with Crippen molar-refractivity contribution in [3.05, 3.63) is 23.3 Å². The van der Waals surface area contributed by atoms with Gasteiger partial charge in [0.25, 0.3) is 0 Å². The van der Waals surface area contributed by atoms with Gasteiger partial charge in [-0.05, 0) is 56.2 Å². The highest BCUT2D eigenvalue weighted by Gasteiger charge is 2.20. The van der Waals surface area contributed by atoms with E-state index in [0.717, 1.165) is 44.1 Å². The van der Waals surface area contributed by atoms with Crippen LogP contribution in [0.4, 0.5) is 0 Å². The van der Waals surface area contributed by atoms with E-state index < -0.39 is 0 Å². The van der Waals surface area contributed by atoms with E-state index in [4.69, 9.17) is 4.98 Å². The zero-order valence-corrected chi connectivity index (χ0v) is 12.6. The summed E-state index contributed by atoms with van der Waals surface area (Å²) < 4.78 is 0. The Labute approximate surface area is 117 Å². The second-order valence-electron chi connectivity index (χ2n) is 6.17. The molecule has 0 fully saturated rings. The Bertz CT molecular complexity index is 401. The largest absolute Gasteiger partial charge is 0.316 e. The highest BCUT2D eigenvalue weighted by atomic mass is 14.9. The molecule has 1 aromatic heterocycles. The van der Waals surface area contributed by atoms with Gasteiger partial charge in [0.15, 0.2) is 0 Å². The third kappa shape index (κ3) is 4.27. The molecule has 1 aromatic rings. The Kier molecular flexibility index (Phi) is 5.32. The minimum atomic E-state index is 0.632. The van der Waals surface area contributed by atoms with Gasteiger partial charge in [-0.2, -0.15) is 0 Å². The van der Waals surface area contributed by atoms with E-state index in [1.807, 2.05) is 0 Å². The fourth-order valence-corrected chi connectivity index (χ4v) is 2.74. The van der Waals surface area contributed by atoms with Gasteiger partial charge in [-0.1, -0.05) is 20.8 Å². The van der Waals surface area contributed by atoms with Crippen molar-refractivity contribution in [2.24, 2.45) is 11.8 Å². The SMILES string of the molecule is CCCNCC1CCc2nc(CC(C)C)ncc2C1. The molecule has 1 unspecified atom stereocenters. The van der Waals surface area contributed by atoms with Gasteiger partial charge in [-0.3, -0.25) is 0 Å². The number of hydrogen-bond acceptors (Lipinski definition) is 3. The van der Waals surface area contributed by atoms with Crippen molar-refractivity contribution in [2.45, 2.75) is 52.9 Å². The first-order valence-electron chi connectivity index (χ1n) is 7.73. The average molecular weight is 261 g/mol. The molecule has 1 aliphatic carbocycles. The van der Waals surface area contributed by atoms with Crippen LogP contribution < -0.4 is 5.32 Å². The summed E-state index contributed by atoms with van der Waals surface area (Å²) in [4.78, 5) is 9.28. The van der Waals surface area contributed by atoms with Crippen molar-refractivity contribution in [1.29, 1.82) is 0 Å². The van der Waals surface area contributed by atoms with Crippen molar-refractivity contribution in [1.82, 2.24) is 15.3 Å². The molecule has 0 radical (unpaired) electrons. The average Bonchev–Trinajstić information content (AvgIpc) is 2.38. The van der Waals surface area contributed by atoms with Gasteiger partial charge in [0.1, 0.15) is 5.82 Å². The Morgan fingerprint density at radius 1 is 1.42 bits per heavy atom. The van der Waals surface area contributed by atoms with E-state index in [2.05, 4.69) is 37.3 Å². The van der Waals surface area contributed by atoms with Crippen molar-refractivity contribution in [3.8, 4) is 0 Å². The standard InChI is InChI=1S/C16H27N3/c1-4-7-17-10-13-5-6-15-14(9-13)11-18-16(19-15)8-12(2)3/h11-13,17H,4-10H2,1-3H3. The van der Waals surface area contributed by atoms with E-state index in [9.17, 15) is 0 Å². The molecule has 0 aromatic carbocycles. The van der Waals surface area contributed by atoms with Gasteiger partial charge < -0.3 is 5.32 Å². The summed E-state index contributed by atoms with van der Waals surface area (Å²) >= 11 is 0. The summed E-state index contributed by atoms with van der Waals surface area (Å²) in [5.41, 5.74) is 2.68. The quantitative estimate of drug-likeness (QED) is 0.800. The Morgan fingerprint density at radius 3 is 3.00 bits per heavy atom. The molecule has 0 spiro atoms. The molecule has 3 nitrogen and oxygen atoms in total. The summed E-state index contributed by atoms with van der Waals surface area (Å²) in [6, 6.07) is 0. The molecule has 106 valence electrons. The van der Waals surface area contributed by atoms with Crippen LogP contribution in [-0.4, -0.2) is 23.1 Å². The number of aromatic nitrogens is 2. The number of hydrogen-bond donors (Lipinski definition) is 1.